The van der Waals surface area contributed by atoms with E-state index in [1.54, 1.807) is 0 Å². The number of fused-ring (bicyclic) bond motifs is 1. The largest absolute Gasteiger partial charge is 0.400 e. The van der Waals surface area contributed by atoms with Gasteiger partial charge in [-0.1, -0.05) is 24.3 Å². The summed E-state index contributed by atoms with van der Waals surface area (Å²) >= 11 is 0. The van der Waals surface area contributed by atoms with Gasteiger partial charge >= 0.3 is 7.55 Å². The molecule has 0 aromatic heterocycles. The van der Waals surface area contributed by atoms with Crippen LogP contribution in [0.4, 0.5) is 5.69 Å². The molecule has 2 aliphatic heterocycles. The minimum absolute atomic E-state index is 1.19. The van der Waals surface area contributed by atoms with Gasteiger partial charge in [0.15, 0.2) is 0 Å². The van der Waals surface area contributed by atoms with Gasteiger partial charge in [-0.3, -0.25) is 0 Å². The second-order valence-corrected chi connectivity index (χ2v) is 3.95. The predicted molar refractivity (Wildman–Crippen MR) is 67.5 cm³/mol. The summed E-state index contributed by atoms with van der Waals surface area (Å²) in [4.78, 5) is 4.33. The molecule has 0 amide bonds. The Balaban J connectivity index is 1.92. The van der Waals surface area contributed by atoms with Crippen LogP contribution in [-0.2, 0) is 0 Å². The second kappa shape index (κ2) is 3.60. The molecule has 0 N–H and O–H groups in total. The molecule has 0 aliphatic carbocycles. The molecule has 2 heterocycles. The fourth-order valence-electron chi connectivity index (χ4n) is 1.95. The summed E-state index contributed by atoms with van der Waals surface area (Å²) in [5.74, 6) is 0. The first-order chi connectivity index (χ1) is 7.84. The van der Waals surface area contributed by atoms with E-state index in [0.29, 0.717) is 0 Å². The third-order valence-electron chi connectivity index (χ3n) is 2.83. The number of para-hydroxylation sites is 1. The molecule has 0 unspecified atom stereocenters. The number of anilines is 1. The van der Waals surface area contributed by atoms with E-state index in [-0.39, 0.29) is 0 Å². The van der Waals surface area contributed by atoms with Crippen LogP contribution in [0.15, 0.2) is 66.2 Å². The van der Waals surface area contributed by atoms with E-state index >= 15 is 0 Å². The Morgan fingerprint density at radius 2 is 1.94 bits per heavy atom. The monoisotopic (exact) mass is 207 g/mol. The summed E-state index contributed by atoms with van der Waals surface area (Å²) < 4.78 is 0. The van der Waals surface area contributed by atoms with Crippen LogP contribution in [0.5, 0.6) is 0 Å². The highest BCUT2D eigenvalue weighted by atomic mass is 15.3. The van der Waals surface area contributed by atoms with Gasteiger partial charge in [-0.15, -0.1) is 0 Å². The van der Waals surface area contributed by atoms with Crippen LogP contribution in [-0.4, -0.2) is 12.4 Å². The lowest BCUT2D eigenvalue weighted by Crippen LogP contribution is -2.30. The lowest BCUT2D eigenvalue weighted by atomic mass is 10.0. The average molecular weight is 207 g/mol. The van der Waals surface area contributed by atoms with E-state index in [1.807, 2.05) is 6.07 Å². The molecule has 1 aromatic rings. The Morgan fingerprint density at radius 1 is 1.12 bits per heavy atom. The van der Waals surface area contributed by atoms with Crippen molar-refractivity contribution in [3.63, 3.8) is 0 Å². The molecule has 16 heavy (non-hydrogen) atoms. The maximum absolute atomic E-state index is 2.19. The molecule has 1 aromatic carbocycles. The summed E-state index contributed by atoms with van der Waals surface area (Å²) in [6.45, 7) is 2.11. The van der Waals surface area contributed by atoms with Gasteiger partial charge in [-0.25, -0.2) is 0 Å². The van der Waals surface area contributed by atoms with Gasteiger partial charge in [0.25, 0.3) is 0 Å². The molecular formula is C13H12BN2. The molecule has 2 aliphatic rings. The molecule has 0 saturated heterocycles. The first kappa shape index (κ1) is 9.34. The van der Waals surface area contributed by atoms with E-state index in [4.69, 9.17) is 0 Å². The highest BCUT2D eigenvalue weighted by molar-refractivity contribution is 6.42. The van der Waals surface area contributed by atoms with Gasteiger partial charge in [-0.2, -0.15) is 0 Å². The maximum Gasteiger partial charge on any atom is 0.400 e. The molecule has 77 valence electrons. The second-order valence-electron chi connectivity index (χ2n) is 3.95. The first-order valence-electron chi connectivity index (χ1n) is 5.39. The first-order valence-corrected chi connectivity index (χ1v) is 5.39. The summed E-state index contributed by atoms with van der Waals surface area (Å²) in [7, 11) is 2.11. The van der Waals surface area contributed by atoms with Crippen molar-refractivity contribution in [1.29, 1.82) is 0 Å². The summed E-state index contributed by atoms with van der Waals surface area (Å²) in [5.41, 5.74) is 3.64. The lowest BCUT2D eigenvalue weighted by Gasteiger charge is -2.23. The minimum atomic E-state index is 1.19. The van der Waals surface area contributed by atoms with Crippen molar-refractivity contribution in [3.05, 3.63) is 66.2 Å². The van der Waals surface area contributed by atoms with Crippen molar-refractivity contribution in [1.82, 2.24) is 4.81 Å². The van der Waals surface area contributed by atoms with Crippen molar-refractivity contribution >= 4 is 13.2 Å². The molecule has 1 radical (unpaired) electrons. The van der Waals surface area contributed by atoms with E-state index in [2.05, 4.69) is 72.8 Å². The Bertz CT molecular complexity index is 488. The summed E-state index contributed by atoms with van der Waals surface area (Å²) in [6.07, 6.45) is 8.46. The smallest absolute Gasteiger partial charge is 0.373 e. The topological polar surface area (TPSA) is 6.48 Å². The SMILES string of the molecule is CC1=CC=CC2=CN(c3ccccc3)[B]N12. The number of rotatable bonds is 1. The van der Waals surface area contributed by atoms with Crippen molar-refractivity contribution in [2.45, 2.75) is 6.92 Å². The molecule has 2 nitrogen and oxygen atoms in total. The minimum Gasteiger partial charge on any atom is -0.373 e. The molecule has 3 rings (SSSR count). The number of nitrogens with zero attached hydrogens (tertiary/aromatic N) is 2. The number of hydrogen-bond donors (Lipinski definition) is 0. The summed E-state index contributed by atoms with van der Waals surface area (Å²) in [5, 5.41) is 0. The van der Waals surface area contributed by atoms with Crippen molar-refractivity contribution in [3.8, 4) is 0 Å². The standard InChI is InChI=1S/C13H12BN2/c1-11-6-5-9-13-10-15(14-16(11)13)12-7-3-2-4-8-12/h2-10H,1H3. The molecule has 0 spiro atoms. The molecular weight excluding hydrogens is 195 g/mol. The van der Waals surface area contributed by atoms with Gasteiger partial charge in [0, 0.05) is 23.3 Å². The Hall–Kier alpha value is -1.90. The molecule has 3 heteroatoms. The third-order valence-corrected chi connectivity index (χ3v) is 2.83. The zero-order chi connectivity index (χ0) is 11.0. The van der Waals surface area contributed by atoms with Crippen molar-refractivity contribution < 1.29 is 0 Å². The Labute approximate surface area is 96.5 Å². The Kier molecular flexibility index (Phi) is 2.10. The molecule has 0 fully saturated rings. The molecule has 0 atom stereocenters. The predicted octanol–water partition coefficient (Wildman–Crippen LogP) is 2.66. The van der Waals surface area contributed by atoms with E-state index in [1.165, 1.54) is 17.1 Å². The van der Waals surface area contributed by atoms with Crippen LogP contribution in [0.1, 0.15) is 6.92 Å². The molecule has 0 bridgehead atoms. The fourth-order valence-corrected chi connectivity index (χ4v) is 1.95. The van der Waals surface area contributed by atoms with Crippen LogP contribution < -0.4 is 4.81 Å². The normalized spacial score (nSPS) is 17.8. The van der Waals surface area contributed by atoms with Crippen LogP contribution in [0.25, 0.3) is 0 Å². The number of hydrogen-bond acceptors (Lipinski definition) is 2. The van der Waals surface area contributed by atoms with Gasteiger partial charge < -0.3 is 9.62 Å². The Morgan fingerprint density at radius 3 is 2.69 bits per heavy atom. The van der Waals surface area contributed by atoms with Crippen molar-refractivity contribution in [2.24, 2.45) is 0 Å². The van der Waals surface area contributed by atoms with E-state index in [9.17, 15) is 0 Å². The third kappa shape index (κ3) is 1.45. The van der Waals surface area contributed by atoms with Gasteiger partial charge in [-0.05, 0) is 31.2 Å². The van der Waals surface area contributed by atoms with Crippen molar-refractivity contribution in [2.75, 3.05) is 4.81 Å². The van der Waals surface area contributed by atoms with Crippen LogP contribution >= 0.6 is 0 Å². The van der Waals surface area contributed by atoms with Crippen LogP contribution in [0.3, 0.4) is 0 Å². The van der Waals surface area contributed by atoms with Gasteiger partial charge in [0.2, 0.25) is 0 Å². The maximum atomic E-state index is 2.19. The zero-order valence-electron chi connectivity index (χ0n) is 9.17. The number of benzene rings is 1. The fraction of sp³-hybridized carbons (Fsp3) is 0.0769. The highest BCUT2D eigenvalue weighted by Gasteiger charge is 2.25. The van der Waals surface area contributed by atoms with Gasteiger partial charge in [0.05, 0.1) is 0 Å². The quantitative estimate of drug-likeness (QED) is 0.653. The highest BCUT2D eigenvalue weighted by Crippen LogP contribution is 2.27. The van der Waals surface area contributed by atoms with Crippen LogP contribution in [0.2, 0.25) is 0 Å². The van der Waals surface area contributed by atoms with E-state index in [0.717, 1.165) is 0 Å². The van der Waals surface area contributed by atoms with Crippen LogP contribution in [0, 0.1) is 0 Å². The number of allylic oxidation sites excluding steroid dienone is 4. The molecule has 0 saturated carbocycles. The van der Waals surface area contributed by atoms with E-state index < -0.39 is 0 Å². The average Bonchev–Trinajstić information content (AvgIpc) is 2.76. The lowest BCUT2D eigenvalue weighted by molar-refractivity contribution is 0.696. The zero-order valence-corrected chi connectivity index (χ0v) is 9.17. The van der Waals surface area contributed by atoms with Gasteiger partial charge in [0.1, 0.15) is 0 Å². The summed E-state index contributed by atoms with van der Waals surface area (Å²) in [6, 6.07) is 10.4.